The molecule has 1 aromatic heterocycles. The van der Waals surface area contributed by atoms with Crippen molar-refractivity contribution in [2.75, 3.05) is 13.1 Å². The number of isothiocyanates is 2. The van der Waals surface area contributed by atoms with Crippen LogP contribution < -0.4 is 0 Å². The van der Waals surface area contributed by atoms with Crippen LogP contribution in [0, 0.1) is 0 Å². The van der Waals surface area contributed by atoms with Gasteiger partial charge in [-0.25, -0.2) is 16.2 Å². The van der Waals surface area contributed by atoms with Crippen LogP contribution >= 0.6 is 70.2 Å². The van der Waals surface area contributed by atoms with E-state index in [9.17, 15) is 19.8 Å². The Balaban J connectivity index is 0.00000900. The molecule has 0 spiro atoms. The molecule has 0 fully saturated rings. The van der Waals surface area contributed by atoms with Crippen molar-refractivity contribution in [1.29, 1.82) is 0 Å². The molecule has 2 unspecified atom stereocenters. The fraction of sp³-hybridized carbons (Fsp3) is 0.471. The van der Waals surface area contributed by atoms with Crippen LogP contribution in [0.5, 0.6) is 0 Å². The molecule has 2 atom stereocenters. The SMILES string of the molecule is O=C(O)C(CCN=C=S)N(I)Cc1cccc(CN(I)C(CCN=C=S)C(=O)O)n1.[Mn]. The van der Waals surface area contributed by atoms with Gasteiger partial charge in [-0.3, -0.25) is 14.6 Å². The van der Waals surface area contributed by atoms with Crippen LogP contribution in [0.1, 0.15) is 24.2 Å². The normalized spacial score (nSPS) is 12.3. The Kier molecular flexibility index (Phi) is 16.9. The minimum atomic E-state index is -0.957. The van der Waals surface area contributed by atoms with Crippen LogP contribution in [0.4, 0.5) is 0 Å². The molecule has 0 aliphatic heterocycles. The summed E-state index contributed by atoms with van der Waals surface area (Å²) in [6, 6.07) is 3.91. The van der Waals surface area contributed by atoms with E-state index in [0.717, 1.165) is 0 Å². The zero-order chi connectivity index (χ0) is 22.5. The molecule has 9 nitrogen and oxygen atoms in total. The number of thiocarbonyl (C=S) groups is 2. The molecular weight excluding hydrogens is 711 g/mol. The molecule has 2 N–H and O–H groups in total. The number of pyridine rings is 1. The first kappa shape index (κ1) is 30.6. The molecule has 1 aromatic rings. The van der Waals surface area contributed by atoms with Crippen LogP contribution in [-0.4, -0.2) is 68.9 Å². The van der Waals surface area contributed by atoms with E-state index in [2.05, 4.69) is 49.7 Å². The maximum absolute atomic E-state index is 11.5. The number of carbonyl (C=O) groups is 2. The van der Waals surface area contributed by atoms with E-state index < -0.39 is 24.0 Å². The predicted octanol–water partition coefficient (Wildman–Crippen LogP) is 3.28. The second-order valence-corrected chi connectivity index (χ2v) is 8.81. The second-order valence-electron chi connectivity index (χ2n) is 5.97. The first-order chi connectivity index (χ1) is 14.3. The Morgan fingerprint density at radius 1 is 0.968 bits per heavy atom. The number of aromatic nitrogens is 1. The van der Waals surface area contributed by atoms with Crippen molar-refractivity contribution in [1.82, 2.24) is 11.2 Å². The van der Waals surface area contributed by atoms with Crippen molar-refractivity contribution >= 4 is 92.4 Å². The number of halogens is 2. The largest absolute Gasteiger partial charge is 0.480 e. The second kappa shape index (κ2) is 17.1. The molecule has 0 amide bonds. The smallest absolute Gasteiger partial charge is 0.321 e. The minimum Gasteiger partial charge on any atom is -0.480 e. The summed E-state index contributed by atoms with van der Waals surface area (Å²) in [6.07, 6.45) is 0.598. The maximum atomic E-state index is 11.5. The van der Waals surface area contributed by atoms with Gasteiger partial charge in [-0.15, -0.1) is 0 Å². The van der Waals surface area contributed by atoms with Gasteiger partial charge >= 0.3 is 11.9 Å². The number of carboxylic acids is 2. The van der Waals surface area contributed by atoms with E-state index in [1.54, 1.807) is 18.4 Å². The first-order valence-electron chi connectivity index (χ1n) is 8.62. The molecular formula is C17H19I2MnN5O4S2. The third-order valence-corrected chi connectivity index (χ3v) is 6.18. The van der Waals surface area contributed by atoms with Gasteiger partial charge in [0.25, 0.3) is 0 Å². The third-order valence-electron chi connectivity index (χ3n) is 3.89. The van der Waals surface area contributed by atoms with Gasteiger partial charge in [0.05, 0.1) is 47.9 Å². The van der Waals surface area contributed by atoms with E-state index >= 15 is 0 Å². The number of nitrogens with zero attached hydrogens (tertiary/aromatic N) is 5. The molecule has 14 heteroatoms. The van der Waals surface area contributed by atoms with Gasteiger partial charge in [0.1, 0.15) is 12.1 Å². The monoisotopic (exact) mass is 730 g/mol. The number of aliphatic imine (C=N–C) groups is 2. The minimum absolute atomic E-state index is 0. The van der Waals surface area contributed by atoms with Crippen LogP contribution in [0.15, 0.2) is 28.2 Å². The number of carboxylic acid groups (broad SMARTS) is 2. The predicted molar refractivity (Wildman–Crippen MR) is 135 cm³/mol. The van der Waals surface area contributed by atoms with Gasteiger partial charge in [0, 0.05) is 62.8 Å². The summed E-state index contributed by atoms with van der Waals surface area (Å²) >= 11 is 12.9. The quantitative estimate of drug-likeness (QED) is 0.0979. The summed E-state index contributed by atoms with van der Waals surface area (Å²) in [7, 11) is 0. The van der Waals surface area contributed by atoms with Gasteiger partial charge in [0.2, 0.25) is 0 Å². The average Bonchev–Trinajstić information content (AvgIpc) is 2.68. The molecule has 0 bridgehead atoms. The molecule has 0 saturated carbocycles. The first-order valence-corrected chi connectivity index (χ1v) is 11.4. The Hall–Kier alpha value is -0.411. The molecule has 0 aliphatic rings. The summed E-state index contributed by atoms with van der Waals surface area (Å²) < 4.78 is 3.30. The van der Waals surface area contributed by atoms with E-state index in [-0.39, 0.29) is 30.2 Å². The Bertz CT molecular complexity index is 777. The molecule has 1 radical (unpaired) electrons. The van der Waals surface area contributed by atoms with Gasteiger partial charge in [-0.2, -0.15) is 0 Å². The van der Waals surface area contributed by atoms with Crippen LogP contribution in [0.2, 0.25) is 0 Å². The van der Waals surface area contributed by atoms with Gasteiger partial charge in [-0.05, 0) is 49.4 Å². The van der Waals surface area contributed by atoms with Crippen LogP contribution in [0.3, 0.4) is 0 Å². The average molecular weight is 730 g/mol. The number of aliphatic carboxylic acids is 2. The van der Waals surface area contributed by atoms with Crippen molar-refractivity contribution in [2.24, 2.45) is 9.98 Å². The summed E-state index contributed by atoms with van der Waals surface area (Å²) in [6.45, 7) is 1.17. The Morgan fingerprint density at radius 3 is 1.68 bits per heavy atom. The summed E-state index contributed by atoms with van der Waals surface area (Å²) in [4.78, 5) is 35.2. The number of hydrogen-bond donors (Lipinski definition) is 2. The zero-order valence-corrected chi connectivity index (χ0v) is 23.2. The Morgan fingerprint density at radius 2 is 1.35 bits per heavy atom. The van der Waals surface area contributed by atoms with Crippen LogP contribution in [-0.2, 0) is 39.7 Å². The molecule has 31 heavy (non-hydrogen) atoms. The van der Waals surface area contributed by atoms with E-state index in [4.69, 9.17) is 0 Å². The Labute approximate surface area is 229 Å². The fourth-order valence-corrected chi connectivity index (χ4v) is 4.38. The van der Waals surface area contributed by atoms with Crippen molar-refractivity contribution < 1.29 is 36.9 Å². The summed E-state index contributed by atoms with van der Waals surface area (Å²) in [5.41, 5.74) is 1.35. The fourth-order valence-electron chi connectivity index (χ4n) is 2.47. The molecule has 0 aromatic carbocycles. The van der Waals surface area contributed by atoms with Crippen molar-refractivity contribution in [3.05, 3.63) is 29.6 Å². The number of rotatable bonds is 14. The van der Waals surface area contributed by atoms with Crippen LogP contribution in [0.25, 0.3) is 0 Å². The zero-order valence-electron chi connectivity index (χ0n) is 16.0. The van der Waals surface area contributed by atoms with Crippen molar-refractivity contribution in [3.63, 3.8) is 0 Å². The molecule has 169 valence electrons. The molecule has 1 heterocycles. The third kappa shape index (κ3) is 11.9. The maximum Gasteiger partial charge on any atom is 0.321 e. The van der Waals surface area contributed by atoms with E-state index in [0.29, 0.717) is 37.3 Å². The molecule has 0 aliphatic carbocycles. The van der Waals surface area contributed by atoms with Crippen molar-refractivity contribution in [3.8, 4) is 0 Å². The van der Waals surface area contributed by atoms with Gasteiger partial charge < -0.3 is 10.2 Å². The van der Waals surface area contributed by atoms with E-state index in [1.807, 2.05) is 51.8 Å². The standard InChI is InChI=1S/C17H19I2N5O4S2.Mn/c18-23(14(16(25)26)4-6-20-10-29)8-12-2-1-3-13(22-12)9-24(19)15(17(27)28)5-7-21-11-30;/h1-3,14-15H,4-9H2,(H,25,26)(H,27,28);. The van der Waals surface area contributed by atoms with Crippen molar-refractivity contribution in [2.45, 2.75) is 38.0 Å². The molecule has 1 rings (SSSR count). The van der Waals surface area contributed by atoms with Gasteiger partial charge in [0.15, 0.2) is 0 Å². The molecule has 0 saturated heterocycles. The topological polar surface area (TPSA) is 119 Å². The number of hydrogen-bond acceptors (Lipinski definition) is 9. The summed E-state index contributed by atoms with van der Waals surface area (Å²) in [5, 5.41) is 23.4. The summed E-state index contributed by atoms with van der Waals surface area (Å²) in [5.74, 6) is -1.91. The van der Waals surface area contributed by atoms with E-state index in [1.165, 1.54) is 0 Å². The van der Waals surface area contributed by atoms with Gasteiger partial charge in [-0.1, -0.05) is 6.07 Å².